The minimum atomic E-state index is 0. The van der Waals surface area contributed by atoms with E-state index in [0.717, 1.165) is 31.5 Å². The number of anilines is 1. The smallest absolute Gasteiger partial charge is 0.254 e. The molecule has 0 bridgehead atoms. The van der Waals surface area contributed by atoms with E-state index in [1.54, 1.807) is 6.07 Å². The van der Waals surface area contributed by atoms with Gasteiger partial charge in [-0.15, -0.1) is 24.8 Å². The summed E-state index contributed by atoms with van der Waals surface area (Å²) in [5.74, 6) is 0.0727. The van der Waals surface area contributed by atoms with Gasteiger partial charge in [-0.25, -0.2) is 0 Å². The standard InChI is InChI=1S/C22H29N3O.2ClH/c1-16-9-10-19(23)14-21(16)22(26)24(3)20-11-12-25(17(2)13-20)15-18-7-5-4-6-8-18;;/h4-10,14,17,20H,11-13,15,23H2,1-3H3;2*1H. The zero-order valence-corrected chi connectivity index (χ0v) is 18.4. The van der Waals surface area contributed by atoms with E-state index in [1.165, 1.54) is 5.56 Å². The number of benzene rings is 2. The first kappa shape index (κ1) is 24.3. The summed E-state index contributed by atoms with van der Waals surface area (Å²) in [6.07, 6.45) is 2.00. The Labute approximate surface area is 180 Å². The maximum absolute atomic E-state index is 13.0. The maximum atomic E-state index is 13.0. The Morgan fingerprint density at radius 2 is 1.86 bits per heavy atom. The van der Waals surface area contributed by atoms with E-state index in [2.05, 4.69) is 42.2 Å². The number of nitrogens with zero attached hydrogens (tertiary/aromatic N) is 2. The fourth-order valence-corrected chi connectivity index (χ4v) is 3.83. The van der Waals surface area contributed by atoms with Crippen molar-refractivity contribution in [1.82, 2.24) is 9.80 Å². The van der Waals surface area contributed by atoms with Crippen LogP contribution in [0.3, 0.4) is 0 Å². The summed E-state index contributed by atoms with van der Waals surface area (Å²) in [6, 6.07) is 16.9. The molecule has 2 N–H and O–H groups in total. The zero-order valence-electron chi connectivity index (χ0n) is 16.8. The lowest BCUT2D eigenvalue weighted by atomic mass is 9.95. The molecule has 3 rings (SSSR count). The molecule has 1 aliphatic rings. The molecule has 1 aliphatic heterocycles. The Morgan fingerprint density at radius 3 is 2.50 bits per heavy atom. The lowest BCUT2D eigenvalue weighted by molar-refractivity contribution is 0.0538. The molecule has 2 aromatic rings. The molecule has 2 aromatic carbocycles. The second kappa shape index (κ2) is 10.7. The highest BCUT2D eigenvalue weighted by molar-refractivity contribution is 5.96. The molecule has 0 aromatic heterocycles. The molecule has 0 spiro atoms. The lowest BCUT2D eigenvalue weighted by Crippen LogP contribution is -2.49. The first-order valence-electron chi connectivity index (χ1n) is 9.37. The van der Waals surface area contributed by atoms with Crippen molar-refractivity contribution in [3.05, 3.63) is 65.2 Å². The Morgan fingerprint density at radius 1 is 1.18 bits per heavy atom. The van der Waals surface area contributed by atoms with Gasteiger partial charge in [-0.3, -0.25) is 9.69 Å². The molecule has 2 unspecified atom stereocenters. The highest BCUT2D eigenvalue weighted by Crippen LogP contribution is 2.25. The number of hydrogen-bond donors (Lipinski definition) is 1. The van der Waals surface area contributed by atoms with Gasteiger partial charge in [0.05, 0.1) is 0 Å². The van der Waals surface area contributed by atoms with Gasteiger partial charge in [0.15, 0.2) is 0 Å². The number of nitrogens with two attached hydrogens (primary N) is 1. The van der Waals surface area contributed by atoms with Crippen molar-refractivity contribution in [3.63, 3.8) is 0 Å². The number of halogens is 2. The molecule has 2 atom stereocenters. The quantitative estimate of drug-likeness (QED) is 0.733. The third kappa shape index (κ3) is 5.63. The van der Waals surface area contributed by atoms with Gasteiger partial charge in [-0.05, 0) is 49.9 Å². The Hall–Kier alpha value is -1.75. The largest absolute Gasteiger partial charge is 0.399 e. The van der Waals surface area contributed by atoms with E-state index in [-0.39, 0.29) is 36.8 Å². The van der Waals surface area contributed by atoms with Crippen molar-refractivity contribution in [2.75, 3.05) is 19.3 Å². The fourth-order valence-electron chi connectivity index (χ4n) is 3.83. The molecule has 1 heterocycles. The summed E-state index contributed by atoms with van der Waals surface area (Å²) in [4.78, 5) is 17.4. The highest BCUT2D eigenvalue weighted by atomic mass is 35.5. The summed E-state index contributed by atoms with van der Waals surface area (Å²) in [5, 5.41) is 0. The molecule has 6 heteroatoms. The predicted octanol–water partition coefficient (Wildman–Crippen LogP) is 4.55. The molecule has 1 saturated heterocycles. The molecule has 0 aliphatic carbocycles. The molecular weight excluding hydrogens is 393 g/mol. The van der Waals surface area contributed by atoms with Crippen LogP contribution in [0.5, 0.6) is 0 Å². The second-order valence-electron chi connectivity index (χ2n) is 7.47. The molecule has 1 amide bonds. The van der Waals surface area contributed by atoms with Crippen LogP contribution in [-0.4, -0.2) is 41.4 Å². The van der Waals surface area contributed by atoms with E-state index in [0.29, 0.717) is 17.3 Å². The van der Waals surface area contributed by atoms with Gasteiger partial charge in [0.1, 0.15) is 0 Å². The van der Waals surface area contributed by atoms with Crippen molar-refractivity contribution >= 4 is 36.4 Å². The number of rotatable bonds is 4. The van der Waals surface area contributed by atoms with Gasteiger partial charge < -0.3 is 10.6 Å². The molecule has 0 saturated carbocycles. The van der Waals surface area contributed by atoms with Gasteiger partial charge in [0.25, 0.3) is 5.91 Å². The minimum absolute atomic E-state index is 0. The highest BCUT2D eigenvalue weighted by Gasteiger charge is 2.30. The minimum Gasteiger partial charge on any atom is -0.399 e. The van der Waals surface area contributed by atoms with Crippen LogP contribution in [0, 0.1) is 6.92 Å². The van der Waals surface area contributed by atoms with Crippen LogP contribution in [0.15, 0.2) is 48.5 Å². The summed E-state index contributed by atoms with van der Waals surface area (Å²) in [5.41, 5.74) is 9.55. The number of hydrogen-bond acceptors (Lipinski definition) is 3. The first-order chi connectivity index (χ1) is 12.5. The van der Waals surface area contributed by atoms with Gasteiger partial charge in [-0.2, -0.15) is 0 Å². The van der Waals surface area contributed by atoms with Crippen molar-refractivity contribution in [3.8, 4) is 0 Å². The van der Waals surface area contributed by atoms with E-state index in [9.17, 15) is 4.79 Å². The van der Waals surface area contributed by atoms with Gasteiger partial charge >= 0.3 is 0 Å². The van der Waals surface area contributed by atoms with E-state index >= 15 is 0 Å². The van der Waals surface area contributed by atoms with Crippen LogP contribution in [0.4, 0.5) is 5.69 Å². The Bertz CT molecular complexity index is 770. The van der Waals surface area contributed by atoms with Crippen LogP contribution in [0.1, 0.15) is 41.3 Å². The zero-order chi connectivity index (χ0) is 18.7. The maximum Gasteiger partial charge on any atom is 0.254 e. The average molecular weight is 424 g/mol. The van der Waals surface area contributed by atoms with E-state index < -0.39 is 0 Å². The van der Waals surface area contributed by atoms with E-state index in [1.807, 2.05) is 31.0 Å². The van der Waals surface area contributed by atoms with Crippen molar-refractivity contribution in [2.45, 2.75) is 45.3 Å². The molecule has 1 fully saturated rings. The average Bonchev–Trinajstić information content (AvgIpc) is 2.65. The van der Waals surface area contributed by atoms with Crippen molar-refractivity contribution in [2.24, 2.45) is 0 Å². The monoisotopic (exact) mass is 423 g/mol. The van der Waals surface area contributed by atoms with Crippen LogP contribution in [0.2, 0.25) is 0 Å². The van der Waals surface area contributed by atoms with Crippen molar-refractivity contribution in [1.29, 1.82) is 0 Å². The van der Waals surface area contributed by atoms with Crippen molar-refractivity contribution < 1.29 is 4.79 Å². The summed E-state index contributed by atoms with van der Waals surface area (Å²) in [7, 11) is 1.93. The van der Waals surface area contributed by atoms with Crippen LogP contribution in [-0.2, 0) is 6.54 Å². The second-order valence-corrected chi connectivity index (χ2v) is 7.47. The summed E-state index contributed by atoms with van der Waals surface area (Å²) >= 11 is 0. The van der Waals surface area contributed by atoms with Crippen LogP contribution >= 0.6 is 24.8 Å². The number of likely N-dealkylation sites (tertiary alicyclic amines) is 1. The molecule has 4 nitrogen and oxygen atoms in total. The van der Waals surface area contributed by atoms with Crippen LogP contribution < -0.4 is 5.73 Å². The topological polar surface area (TPSA) is 49.6 Å². The number of amides is 1. The Balaban J connectivity index is 0.00000196. The summed E-state index contributed by atoms with van der Waals surface area (Å²) in [6.45, 7) is 6.21. The fraction of sp³-hybridized carbons (Fsp3) is 0.409. The van der Waals surface area contributed by atoms with Crippen LogP contribution in [0.25, 0.3) is 0 Å². The molecular formula is C22H31Cl2N3O. The lowest BCUT2D eigenvalue weighted by Gasteiger charge is -2.41. The van der Waals surface area contributed by atoms with Gasteiger partial charge in [0, 0.05) is 43.5 Å². The number of carbonyl (C=O) groups excluding carboxylic acids is 1. The van der Waals surface area contributed by atoms with Gasteiger partial charge in [0.2, 0.25) is 0 Å². The third-order valence-electron chi connectivity index (χ3n) is 5.57. The predicted molar refractivity (Wildman–Crippen MR) is 122 cm³/mol. The third-order valence-corrected chi connectivity index (χ3v) is 5.57. The normalized spacial score (nSPS) is 19.2. The van der Waals surface area contributed by atoms with Gasteiger partial charge in [-0.1, -0.05) is 36.4 Å². The molecule has 154 valence electrons. The Kier molecular flexibility index (Phi) is 9.28. The number of aryl methyl sites for hydroxylation is 1. The van der Waals surface area contributed by atoms with E-state index in [4.69, 9.17) is 5.73 Å². The molecule has 0 radical (unpaired) electrons. The molecule has 28 heavy (non-hydrogen) atoms. The number of carbonyl (C=O) groups is 1. The SMILES string of the molecule is Cc1ccc(N)cc1C(=O)N(C)C1CCN(Cc2ccccc2)C(C)C1.Cl.Cl. The first-order valence-corrected chi connectivity index (χ1v) is 9.37. The number of piperidine rings is 1. The summed E-state index contributed by atoms with van der Waals surface area (Å²) < 4.78 is 0. The number of nitrogen functional groups attached to an aromatic ring is 1.